The molecule has 0 amide bonds. The van der Waals surface area contributed by atoms with Crippen LogP contribution in [0.15, 0.2) is 0 Å². The molecule has 0 saturated heterocycles. The maximum Gasteiger partial charge on any atom is 3.00 e. The van der Waals surface area contributed by atoms with Gasteiger partial charge in [-0.3, -0.25) is 0 Å². The predicted octanol–water partition coefficient (Wildman–Crippen LogP) is -2.03. The minimum atomic E-state index is -4.56. The maximum absolute atomic E-state index is 10.9. The largest absolute Gasteiger partial charge is 3.00 e. The molecule has 213 valence electrons. The molecule has 35 heavy (non-hydrogen) atoms. The topological polar surface area (TPSA) is 260 Å². The van der Waals surface area contributed by atoms with Crippen molar-refractivity contribution in [2.24, 2.45) is 0 Å². The molecule has 0 aliphatic rings. The normalized spacial score (nSPS) is 11.8. The number of rotatable bonds is 16. The fourth-order valence-corrected chi connectivity index (χ4v) is 4.93. The summed E-state index contributed by atoms with van der Waals surface area (Å²) in [4.78, 5) is 17.5. The van der Waals surface area contributed by atoms with Gasteiger partial charge in [0.05, 0.1) is 56.5 Å². The van der Waals surface area contributed by atoms with E-state index in [4.69, 9.17) is 9.90 Å². The fraction of sp³-hybridized carbons (Fsp3) is 0.929. The molecule has 0 saturated carbocycles. The third-order valence-corrected chi connectivity index (χ3v) is 6.57. The summed E-state index contributed by atoms with van der Waals surface area (Å²) in [5.41, 5.74) is 0. The van der Waals surface area contributed by atoms with Gasteiger partial charge in [0, 0.05) is 5.97 Å². The minimum absolute atomic E-state index is 0. The Hall–Kier alpha value is -0.347. The predicted molar refractivity (Wildman–Crippen MR) is 111 cm³/mol. The van der Waals surface area contributed by atoms with E-state index < -0.39 is 69.5 Å². The van der Waals surface area contributed by atoms with Crippen LogP contribution in [-0.2, 0) is 83.2 Å². The van der Waals surface area contributed by atoms with Crippen molar-refractivity contribution >= 4 is 46.4 Å². The van der Waals surface area contributed by atoms with E-state index >= 15 is 0 Å². The summed E-state index contributed by atoms with van der Waals surface area (Å²) in [7, 11) is -17.3. The van der Waals surface area contributed by atoms with E-state index in [0.29, 0.717) is 12.8 Å². The molecule has 0 N–H and O–H groups in total. The molecular formula is C14H29O16RuS4. The smallest absolute Gasteiger partial charge is 0.748 e. The van der Waals surface area contributed by atoms with Crippen molar-refractivity contribution in [1.29, 1.82) is 0 Å². The van der Waals surface area contributed by atoms with Crippen LogP contribution in [0.4, 0.5) is 0 Å². The van der Waals surface area contributed by atoms with Crippen molar-refractivity contribution in [1.82, 2.24) is 0 Å². The summed E-state index contributed by atoms with van der Waals surface area (Å²) in [5, 5.41) is 8.89. The minimum Gasteiger partial charge on any atom is -0.748 e. The van der Waals surface area contributed by atoms with Gasteiger partial charge in [0.25, 0.3) is 20.2 Å². The Morgan fingerprint density at radius 3 is 1.11 bits per heavy atom. The summed E-state index contributed by atoms with van der Waals surface area (Å²) < 4.78 is 112. The third kappa shape index (κ3) is 44.1. The second-order valence-corrected chi connectivity index (χ2v) is 12.4. The van der Waals surface area contributed by atoms with Crippen LogP contribution in [0, 0.1) is 0 Å². The van der Waals surface area contributed by atoms with E-state index in [-0.39, 0.29) is 32.7 Å². The number of carboxylic acid groups (broad SMARTS) is 1. The number of hydrogen-bond donors (Lipinski definition) is 0. The van der Waals surface area contributed by atoms with E-state index in [9.17, 15) is 42.8 Å². The van der Waals surface area contributed by atoms with Gasteiger partial charge in [0.2, 0.25) is 0 Å². The van der Waals surface area contributed by atoms with E-state index in [2.05, 4.69) is 18.4 Å². The molecule has 0 aliphatic carbocycles. The first-order chi connectivity index (χ1) is 15.3. The van der Waals surface area contributed by atoms with Gasteiger partial charge in [-0.1, -0.05) is 26.7 Å². The molecule has 21 heteroatoms. The summed E-state index contributed by atoms with van der Waals surface area (Å²) in [5.74, 6) is -4.92. The van der Waals surface area contributed by atoms with Gasteiger partial charge in [0.15, 0.2) is 0 Å². The molecule has 0 aromatic rings. The first-order valence-electron chi connectivity index (χ1n) is 9.39. The Bertz CT molecular complexity index is 880. The van der Waals surface area contributed by atoms with Crippen LogP contribution < -0.4 is 5.11 Å². The van der Waals surface area contributed by atoms with E-state index in [0.717, 1.165) is 19.8 Å². The van der Waals surface area contributed by atoms with Crippen LogP contribution in [-0.4, -0.2) is 85.0 Å². The third-order valence-electron chi connectivity index (χ3n) is 2.63. The Kier molecular flexibility index (Phi) is 25.9. The first kappa shape index (κ1) is 41.8. The molecule has 0 rings (SSSR count). The molecule has 0 heterocycles. The number of aliphatic carboxylic acids is 1. The van der Waals surface area contributed by atoms with Gasteiger partial charge in [-0.05, 0) is 19.8 Å². The summed E-state index contributed by atoms with van der Waals surface area (Å²) in [6, 6.07) is 0. The zero-order chi connectivity index (χ0) is 27.5. The standard InChI is InChI=1S/2C6H14O7S2.C2H4O2.Ru/c2*1-2-3-4-12-13-15(10,11)6-5-14(7,8)9;1-2(3)4;/h2*2-6H2,1H3,(H,7,8,9);1H3,(H,3,4);/q;;;+3/p-3. The molecule has 0 aromatic heterocycles. The van der Waals surface area contributed by atoms with Crippen LogP contribution in [0.3, 0.4) is 0 Å². The molecule has 0 fully saturated rings. The van der Waals surface area contributed by atoms with Crippen LogP contribution >= 0.6 is 0 Å². The van der Waals surface area contributed by atoms with Crippen LogP contribution in [0.2, 0.25) is 0 Å². The molecular weight excluding hydrogens is 653 g/mol. The van der Waals surface area contributed by atoms with Crippen molar-refractivity contribution in [3.05, 3.63) is 0 Å². The zero-order valence-corrected chi connectivity index (χ0v) is 24.1. The van der Waals surface area contributed by atoms with E-state index in [1.165, 1.54) is 0 Å². The molecule has 0 atom stereocenters. The molecule has 16 nitrogen and oxygen atoms in total. The van der Waals surface area contributed by atoms with Gasteiger partial charge >= 0.3 is 19.5 Å². The Labute approximate surface area is 219 Å². The van der Waals surface area contributed by atoms with Crippen molar-refractivity contribution in [3.63, 3.8) is 0 Å². The zero-order valence-electron chi connectivity index (χ0n) is 19.1. The summed E-state index contributed by atoms with van der Waals surface area (Å²) >= 11 is 0. The molecule has 0 spiro atoms. The number of hydrogen-bond acceptors (Lipinski definition) is 16. The summed E-state index contributed by atoms with van der Waals surface area (Å²) in [6.45, 7) is 4.92. The number of unbranched alkanes of at least 4 members (excludes halogenated alkanes) is 2. The van der Waals surface area contributed by atoms with Gasteiger partial charge in [-0.2, -0.15) is 16.8 Å². The molecule has 0 aliphatic heterocycles. The molecule has 1 radical (unpaired) electrons. The second kappa shape index (κ2) is 21.7. The van der Waals surface area contributed by atoms with Crippen LogP contribution in [0.5, 0.6) is 0 Å². The van der Waals surface area contributed by atoms with Crippen molar-refractivity contribution < 1.29 is 90.6 Å². The number of carbonyl (C=O) groups excluding carboxylic acids is 1. The van der Waals surface area contributed by atoms with Gasteiger partial charge < -0.3 is 19.0 Å². The first-order valence-corrected chi connectivity index (χ1v) is 15.7. The average Bonchev–Trinajstić information content (AvgIpc) is 2.65. The molecule has 0 unspecified atom stereocenters. The Balaban J connectivity index is -0.000000232. The van der Waals surface area contributed by atoms with E-state index in [1.807, 2.05) is 13.8 Å². The SMILES string of the molecule is CC(=O)[O-].CCCCOOS(=O)(=O)CCS(=O)(=O)[O-].CCCCOOS(=O)(=O)CCS(=O)(=O)[O-].[Ru+3]. The van der Waals surface area contributed by atoms with Crippen molar-refractivity contribution in [2.75, 3.05) is 36.2 Å². The second-order valence-electron chi connectivity index (χ2n) is 6.03. The quantitative estimate of drug-likeness (QED) is 0.0559. The van der Waals surface area contributed by atoms with Crippen LogP contribution in [0.25, 0.3) is 0 Å². The van der Waals surface area contributed by atoms with Crippen molar-refractivity contribution in [3.8, 4) is 0 Å². The Morgan fingerprint density at radius 2 is 0.914 bits per heavy atom. The van der Waals surface area contributed by atoms with Gasteiger partial charge in [-0.25, -0.2) is 26.6 Å². The van der Waals surface area contributed by atoms with Crippen LogP contribution in [0.1, 0.15) is 46.5 Å². The number of carbonyl (C=O) groups is 1. The Morgan fingerprint density at radius 1 is 0.657 bits per heavy atom. The fourth-order valence-electron chi connectivity index (χ4n) is 1.10. The maximum atomic E-state index is 10.9. The van der Waals surface area contributed by atoms with Gasteiger partial charge in [-0.15, -0.1) is 8.67 Å². The molecule has 0 bridgehead atoms. The van der Waals surface area contributed by atoms with E-state index in [1.54, 1.807) is 0 Å². The summed E-state index contributed by atoms with van der Waals surface area (Å²) in [6.07, 6.45) is 2.85. The number of carboxylic acids is 1. The average molecular weight is 683 g/mol. The molecule has 0 aromatic carbocycles. The monoisotopic (exact) mass is 683 g/mol. The van der Waals surface area contributed by atoms with Gasteiger partial charge in [0.1, 0.15) is 0 Å². The van der Waals surface area contributed by atoms with Crippen molar-refractivity contribution in [2.45, 2.75) is 46.5 Å².